The second-order valence-corrected chi connectivity index (χ2v) is 8.08. The highest BCUT2D eigenvalue weighted by atomic mass is 16.5. The fourth-order valence-electron chi connectivity index (χ4n) is 4.06. The zero-order valence-electron chi connectivity index (χ0n) is 19.0. The van der Waals surface area contributed by atoms with Gasteiger partial charge in [0.1, 0.15) is 17.4 Å². The molecule has 0 saturated carbocycles. The monoisotopic (exact) mass is 444 g/mol. The molecule has 3 aromatic carbocycles. The van der Waals surface area contributed by atoms with Crippen LogP contribution in [0.5, 0.6) is 5.75 Å². The molecule has 1 aromatic heterocycles. The number of nitrogens with zero attached hydrogens (tertiary/aromatic N) is 3. The van der Waals surface area contributed by atoms with Crippen molar-refractivity contribution in [3.63, 3.8) is 0 Å². The number of rotatable bonds is 6. The highest BCUT2D eigenvalue weighted by molar-refractivity contribution is 6.18. The molecule has 4 aromatic rings. The smallest absolute Gasteiger partial charge is 0.151 e. The Morgan fingerprint density at radius 3 is 2.65 bits per heavy atom. The number of fused-ring (bicyclic) bond motifs is 2. The number of nitriles is 1. The predicted octanol–water partition coefficient (Wildman–Crippen LogP) is 6.57. The lowest BCUT2D eigenvalue weighted by Crippen LogP contribution is -2.17. The lowest BCUT2D eigenvalue weighted by atomic mass is 9.98. The van der Waals surface area contributed by atoms with E-state index < -0.39 is 0 Å². The van der Waals surface area contributed by atoms with E-state index in [1.807, 2.05) is 78.9 Å². The highest BCUT2D eigenvalue weighted by Crippen LogP contribution is 2.34. The van der Waals surface area contributed by atoms with Crippen LogP contribution in [0.3, 0.4) is 0 Å². The number of aliphatic imine (C=N–C) groups is 1. The van der Waals surface area contributed by atoms with E-state index in [9.17, 15) is 5.26 Å². The fourth-order valence-corrected chi connectivity index (χ4v) is 4.06. The normalized spacial score (nSPS) is 13.9. The SMILES string of the molecule is CCCCOc1ccc2c(c1)N/C(=C(/C#N)c1nccc3ccccc13)N=C2c1ccccc1. The van der Waals surface area contributed by atoms with Gasteiger partial charge in [-0.2, -0.15) is 5.26 Å². The number of unbranched alkanes of at least 4 members (excludes halogenated alkanes) is 1. The number of nitrogens with one attached hydrogen (secondary N) is 1. The van der Waals surface area contributed by atoms with E-state index in [4.69, 9.17) is 9.73 Å². The maximum Gasteiger partial charge on any atom is 0.151 e. The third kappa shape index (κ3) is 4.14. The molecule has 1 aliphatic heterocycles. The van der Waals surface area contributed by atoms with Crippen LogP contribution < -0.4 is 10.1 Å². The van der Waals surface area contributed by atoms with Gasteiger partial charge in [0, 0.05) is 28.8 Å². The van der Waals surface area contributed by atoms with Gasteiger partial charge in [0.05, 0.1) is 23.7 Å². The lowest BCUT2D eigenvalue weighted by Gasteiger charge is -2.22. The average molecular weight is 445 g/mol. The minimum absolute atomic E-state index is 0.396. The molecule has 0 atom stereocenters. The predicted molar refractivity (Wildman–Crippen MR) is 137 cm³/mol. The number of benzene rings is 3. The second-order valence-electron chi connectivity index (χ2n) is 8.08. The quantitative estimate of drug-likeness (QED) is 0.270. The molecule has 2 heterocycles. The summed E-state index contributed by atoms with van der Waals surface area (Å²) in [6, 6.07) is 28.2. The number of allylic oxidation sites excluding steroid dienone is 1. The van der Waals surface area contributed by atoms with Gasteiger partial charge in [0.2, 0.25) is 0 Å². The molecule has 0 amide bonds. The second kappa shape index (κ2) is 9.60. The summed E-state index contributed by atoms with van der Waals surface area (Å²) in [6.07, 6.45) is 3.80. The highest BCUT2D eigenvalue weighted by Gasteiger charge is 2.23. The fraction of sp³-hybridized carbons (Fsp3) is 0.138. The van der Waals surface area contributed by atoms with Crippen LogP contribution in [0.1, 0.15) is 36.6 Å². The molecule has 1 aliphatic rings. The van der Waals surface area contributed by atoms with Gasteiger partial charge in [0.25, 0.3) is 0 Å². The Hall–Kier alpha value is -4.43. The summed E-state index contributed by atoms with van der Waals surface area (Å²) >= 11 is 0. The van der Waals surface area contributed by atoms with Gasteiger partial charge in [-0.1, -0.05) is 67.9 Å². The first-order chi connectivity index (χ1) is 16.8. The molecule has 0 aliphatic carbocycles. The molecule has 0 saturated heterocycles. The van der Waals surface area contributed by atoms with E-state index >= 15 is 0 Å². The van der Waals surface area contributed by atoms with Crippen LogP contribution in [-0.4, -0.2) is 17.3 Å². The Labute approximate surface area is 199 Å². The van der Waals surface area contributed by atoms with Crippen molar-refractivity contribution in [3.8, 4) is 11.8 Å². The van der Waals surface area contributed by atoms with E-state index in [-0.39, 0.29) is 0 Å². The summed E-state index contributed by atoms with van der Waals surface area (Å²) in [5.41, 5.74) is 4.60. The van der Waals surface area contributed by atoms with E-state index in [1.54, 1.807) is 6.20 Å². The summed E-state index contributed by atoms with van der Waals surface area (Å²) in [4.78, 5) is 9.49. The maximum atomic E-state index is 10.2. The van der Waals surface area contributed by atoms with Gasteiger partial charge >= 0.3 is 0 Å². The third-order valence-electron chi connectivity index (χ3n) is 5.80. The minimum Gasteiger partial charge on any atom is -0.494 e. The van der Waals surface area contributed by atoms with Gasteiger partial charge in [-0.15, -0.1) is 0 Å². The number of ether oxygens (including phenoxy) is 1. The summed E-state index contributed by atoms with van der Waals surface area (Å²) < 4.78 is 5.94. The Kier molecular flexibility index (Phi) is 6.05. The minimum atomic E-state index is 0.396. The summed E-state index contributed by atoms with van der Waals surface area (Å²) in [7, 11) is 0. The summed E-state index contributed by atoms with van der Waals surface area (Å²) in [6.45, 7) is 2.81. The molecule has 0 bridgehead atoms. The van der Waals surface area contributed by atoms with Crippen LogP contribution in [0.15, 0.2) is 95.9 Å². The Morgan fingerprint density at radius 1 is 1.00 bits per heavy atom. The summed E-state index contributed by atoms with van der Waals surface area (Å²) in [5.74, 6) is 1.26. The third-order valence-corrected chi connectivity index (χ3v) is 5.80. The van der Waals surface area contributed by atoms with Crippen LogP contribution >= 0.6 is 0 Å². The van der Waals surface area contributed by atoms with Crippen molar-refractivity contribution in [2.24, 2.45) is 4.99 Å². The van der Waals surface area contributed by atoms with Crippen molar-refractivity contribution in [2.45, 2.75) is 19.8 Å². The van der Waals surface area contributed by atoms with Crippen molar-refractivity contribution in [1.29, 1.82) is 5.26 Å². The number of pyridine rings is 1. The molecule has 0 fully saturated rings. The van der Waals surface area contributed by atoms with Crippen molar-refractivity contribution in [1.82, 2.24) is 4.98 Å². The van der Waals surface area contributed by atoms with Crippen LogP contribution in [0.25, 0.3) is 16.3 Å². The molecule has 0 unspecified atom stereocenters. The molecule has 5 nitrogen and oxygen atoms in total. The zero-order valence-corrected chi connectivity index (χ0v) is 19.0. The first-order valence-corrected chi connectivity index (χ1v) is 11.5. The van der Waals surface area contributed by atoms with Crippen molar-refractivity contribution < 1.29 is 4.74 Å². The van der Waals surface area contributed by atoms with Crippen molar-refractivity contribution in [2.75, 3.05) is 11.9 Å². The lowest BCUT2D eigenvalue weighted by molar-refractivity contribution is 0.309. The van der Waals surface area contributed by atoms with Gasteiger partial charge in [-0.25, -0.2) is 4.99 Å². The van der Waals surface area contributed by atoms with Crippen molar-refractivity contribution >= 4 is 27.7 Å². The van der Waals surface area contributed by atoms with E-state index in [0.29, 0.717) is 23.7 Å². The maximum absolute atomic E-state index is 10.2. The Bertz CT molecular complexity index is 1440. The van der Waals surface area contributed by atoms with Crippen LogP contribution in [0, 0.1) is 11.3 Å². The number of hydrogen-bond donors (Lipinski definition) is 1. The van der Waals surface area contributed by atoms with Gasteiger partial charge < -0.3 is 10.1 Å². The number of hydrogen-bond acceptors (Lipinski definition) is 5. The van der Waals surface area contributed by atoms with Crippen LogP contribution in [0.4, 0.5) is 5.69 Å². The van der Waals surface area contributed by atoms with Gasteiger partial charge in [-0.3, -0.25) is 4.98 Å². The molecular formula is C29H24N4O. The first-order valence-electron chi connectivity index (χ1n) is 11.5. The molecule has 5 heteroatoms. The van der Waals surface area contributed by atoms with Gasteiger partial charge in [0.15, 0.2) is 5.82 Å². The molecular weight excluding hydrogens is 420 g/mol. The molecule has 34 heavy (non-hydrogen) atoms. The van der Waals surface area contributed by atoms with E-state index in [0.717, 1.165) is 51.9 Å². The zero-order chi connectivity index (χ0) is 23.3. The van der Waals surface area contributed by atoms with Crippen LogP contribution in [0.2, 0.25) is 0 Å². The molecule has 0 radical (unpaired) electrons. The van der Waals surface area contributed by atoms with E-state index in [1.165, 1.54) is 0 Å². The number of aromatic nitrogens is 1. The molecule has 1 N–H and O–H groups in total. The average Bonchev–Trinajstić information content (AvgIpc) is 2.89. The standard InChI is InChI=1S/C29H24N4O/c1-2-3-17-34-22-13-14-24-26(18-22)32-29(33-27(24)21-10-5-4-6-11-21)25(19-30)28-23-12-8-7-9-20(23)15-16-31-28/h4-16,18,32H,2-3,17H2,1H3/b29-25+. The Balaban J connectivity index is 1.68. The number of anilines is 1. The molecule has 0 spiro atoms. The van der Waals surface area contributed by atoms with Crippen LogP contribution in [-0.2, 0) is 0 Å². The van der Waals surface area contributed by atoms with E-state index in [2.05, 4.69) is 23.3 Å². The Morgan fingerprint density at radius 2 is 1.82 bits per heavy atom. The topological polar surface area (TPSA) is 70.3 Å². The largest absolute Gasteiger partial charge is 0.494 e. The molecule has 166 valence electrons. The first kappa shape index (κ1) is 21.4. The summed E-state index contributed by atoms with van der Waals surface area (Å²) in [5, 5.41) is 15.5. The van der Waals surface area contributed by atoms with Crippen molar-refractivity contribution in [3.05, 3.63) is 108 Å². The van der Waals surface area contributed by atoms with Gasteiger partial charge in [-0.05, 0) is 30.0 Å². The molecule has 5 rings (SSSR count).